The molecule has 0 spiro atoms. The number of imidazole rings is 1. The predicted octanol–water partition coefficient (Wildman–Crippen LogP) is 2.11. The van der Waals surface area contributed by atoms with Crippen LogP contribution < -0.4 is 0 Å². The maximum Gasteiger partial charge on any atom is 0.407 e. The lowest BCUT2D eigenvalue weighted by molar-refractivity contribution is 0.102. The minimum Gasteiger partial charge on any atom is -0.480 e. The van der Waals surface area contributed by atoms with Crippen molar-refractivity contribution in [2.75, 3.05) is 32.7 Å². The molecule has 3 rings (SSSR count). The van der Waals surface area contributed by atoms with Crippen molar-refractivity contribution < 1.29 is 15.0 Å². The number of aromatic hydroxyl groups is 1. The van der Waals surface area contributed by atoms with Crippen LogP contribution >= 0.6 is 11.6 Å². The van der Waals surface area contributed by atoms with Crippen LogP contribution in [0.2, 0.25) is 5.02 Å². The van der Waals surface area contributed by atoms with Crippen LogP contribution in [0, 0.1) is 0 Å². The number of rotatable bonds is 4. The molecule has 0 radical (unpaired) electrons. The molecule has 1 aliphatic heterocycles. The van der Waals surface area contributed by atoms with Gasteiger partial charge in [0.05, 0.1) is 16.2 Å². The Morgan fingerprint density at radius 1 is 1.38 bits per heavy atom. The average Bonchev–Trinajstić information content (AvgIpc) is 2.91. The van der Waals surface area contributed by atoms with Crippen LogP contribution in [-0.2, 0) is 0 Å². The van der Waals surface area contributed by atoms with Gasteiger partial charge in [-0.25, -0.2) is 9.78 Å². The van der Waals surface area contributed by atoms with Crippen molar-refractivity contribution in [2.45, 2.75) is 19.3 Å². The Morgan fingerprint density at radius 3 is 2.71 bits per heavy atom. The van der Waals surface area contributed by atoms with E-state index in [1.54, 1.807) is 6.07 Å². The third-order valence-corrected chi connectivity index (χ3v) is 4.74. The summed E-state index contributed by atoms with van der Waals surface area (Å²) in [6, 6.07) is 1.56. The summed E-state index contributed by atoms with van der Waals surface area (Å²) in [5.41, 5.74) is 1.81. The van der Waals surface area contributed by atoms with Gasteiger partial charge in [0.1, 0.15) is 0 Å². The Kier molecular flexibility index (Phi) is 4.77. The lowest BCUT2D eigenvalue weighted by Gasteiger charge is -2.35. The molecule has 2 aromatic heterocycles. The summed E-state index contributed by atoms with van der Waals surface area (Å²) in [4.78, 5) is 25.8. The van der Waals surface area contributed by atoms with Crippen LogP contribution in [0.25, 0.3) is 11.2 Å². The molecule has 130 valence electrons. The molecule has 0 aliphatic carbocycles. The fourth-order valence-corrected chi connectivity index (χ4v) is 3.35. The average molecular weight is 354 g/mol. The quantitative estimate of drug-likeness (QED) is 0.777. The molecule has 3 N–H and O–H groups in total. The number of nitrogens with one attached hydrogen (secondary N) is 1. The van der Waals surface area contributed by atoms with Gasteiger partial charge in [-0.05, 0) is 12.5 Å². The summed E-state index contributed by atoms with van der Waals surface area (Å²) in [5, 5.41) is 19.0. The Bertz CT molecular complexity index is 742. The van der Waals surface area contributed by atoms with Crippen LogP contribution in [0.5, 0.6) is 6.01 Å². The fraction of sp³-hybridized carbons (Fsp3) is 0.533. The molecule has 24 heavy (non-hydrogen) atoms. The molecule has 8 nitrogen and oxygen atoms in total. The smallest absolute Gasteiger partial charge is 0.407 e. The normalized spacial score (nSPS) is 17.3. The van der Waals surface area contributed by atoms with Crippen LogP contribution in [0.3, 0.4) is 0 Å². The number of halogens is 1. The van der Waals surface area contributed by atoms with Gasteiger partial charge in [0.2, 0.25) is 0 Å². The number of fused-ring (bicyclic) bond motifs is 1. The molecule has 2 aromatic rings. The number of amides is 1. The van der Waals surface area contributed by atoms with Crippen LogP contribution in [0.15, 0.2) is 6.07 Å². The summed E-state index contributed by atoms with van der Waals surface area (Å²) in [5.74, 6) is 0.122. The highest BCUT2D eigenvalue weighted by atomic mass is 35.5. The topological polar surface area (TPSA) is 106 Å². The van der Waals surface area contributed by atoms with Crippen molar-refractivity contribution >= 4 is 28.9 Å². The van der Waals surface area contributed by atoms with Gasteiger partial charge in [0, 0.05) is 38.6 Å². The second-order valence-electron chi connectivity index (χ2n) is 5.96. The molecule has 3 heterocycles. The number of aromatic nitrogens is 3. The third kappa shape index (κ3) is 3.39. The Hall–Kier alpha value is -2.06. The molecule has 1 aliphatic rings. The number of pyridine rings is 1. The van der Waals surface area contributed by atoms with Crippen LogP contribution in [-0.4, -0.2) is 73.8 Å². The largest absolute Gasteiger partial charge is 0.480 e. The number of hydrogen-bond acceptors (Lipinski definition) is 5. The number of H-pyrrole nitrogens is 1. The lowest BCUT2D eigenvalue weighted by Crippen LogP contribution is -2.49. The SMILES string of the molecule is CC[C@H](CN1CCN(C(=O)O)CC1)c1nc2nc(O)[nH]c2cc1Cl. The molecular weight excluding hydrogens is 334 g/mol. The molecule has 0 bridgehead atoms. The van der Waals surface area contributed by atoms with E-state index in [1.807, 2.05) is 0 Å². The van der Waals surface area contributed by atoms with Crippen LogP contribution in [0.4, 0.5) is 4.79 Å². The van der Waals surface area contributed by atoms with E-state index in [1.165, 1.54) is 4.90 Å². The zero-order chi connectivity index (χ0) is 17.3. The number of hydrogen-bond donors (Lipinski definition) is 3. The Balaban J connectivity index is 1.74. The van der Waals surface area contributed by atoms with Gasteiger partial charge in [0.15, 0.2) is 5.65 Å². The highest BCUT2D eigenvalue weighted by Crippen LogP contribution is 2.29. The lowest BCUT2D eigenvalue weighted by atomic mass is 10.00. The van der Waals surface area contributed by atoms with Gasteiger partial charge in [-0.2, -0.15) is 4.98 Å². The first-order chi connectivity index (χ1) is 11.5. The molecule has 0 aromatic carbocycles. The van der Waals surface area contributed by atoms with E-state index in [4.69, 9.17) is 16.7 Å². The molecule has 1 amide bonds. The molecule has 0 saturated carbocycles. The fourth-order valence-electron chi connectivity index (χ4n) is 3.05. The first kappa shape index (κ1) is 16.8. The molecule has 0 unspecified atom stereocenters. The van der Waals surface area contributed by atoms with Gasteiger partial charge in [0.25, 0.3) is 6.01 Å². The maximum atomic E-state index is 11.0. The second-order valence-corrected chi connectivity index (χ2v) is 6.37. The minimum atomic E-state index is -0.866. The van der Waals surface area contributed by atoms with Gasteiger partial charge in [-0.15, -0.1) is 0 Å². The second kappa shape index (κ2) is 6.82. The number of piperazine rings is 1. The van der Waals surface area contributed by atoms with Gasteiger partial charge in [-0.3, -0.25) is 4.90 Å². The van der Waals surface area contributed by atoms with Crippen molar-refractivity contribution in [3.63, 3.8) is 0 Å². The summed E-state index contributed by atoms with van der Waals surface area (Å²) in [7, 11) is 0. The van der Waals surface area contributed by atoms with Crippen molar-refractivity contribution in [3.05, 3.63) is 16.8 Å². The first-order valence-corrected chi connectivity index (χ1v) is 8.31. The van der Waals surface area contributed by atoms with Gasteiger partial charge < -0.3 is 20.1 Å². The van der Waals surface area contributed by atoms with E-state index in [2.05, 4.69) is 26.8 Å². The van der Waals surface area contributed by atoms with Crippen molar-refractivity contribution in [1.29, 1.82) is 0 Å². The summed E-state index contributed by atoms with van der Waals surface area (Å²) in [6.45, 7) is 5.26. The Labute approximate surface area is 144 Å². The number of aromatic amines is 1. The molecule has 1 fully saturated rings. The molecule has 1 saturated heterocycles. The monoisotopic (exact) mass is 353 g/mol. The van der Waals surface area contributed by atoms with E-state index < -0.39 is 6.09 Å². The predicted molar refractivity (Wildman–Crippen MR) is 89.6 cm³/mol. The van der Waals surface area contributed by atoms with Crippen molar-refractivity contribution in [1.82, 2.24) is 24.8 Å². The van der Waals surface area contributed by atoms with E-state index in [-0.39, 0.29) is 11.9 Å². The minimum absolute atomic E-state index is 0.122. The van der Waals surface area contributed by atoms with E-state index in [0.29, 0.717) is 42.4 Å². The summed E-state index contributed by atoms with van der Waals surface area (Å²) < 4.78 is 0. The highest BCUT2D eigenvalue weighted by Gasteiger charge is 2.24. The molecule has 9 heteroatoms. The zero-order valence-electron chi connectivity index (χ0n) is 13.4. The van der Waals surface area contributed by atoms with E-state index in [9.17, 15) is 9.90 Å². The summed E-state index contributed by atoms with van der Waals surface area (Å²) >= 11 is 6.37. The summed E-state index contributed by atoms with van der Waals surface area (Å²) in [6.07, 6.45) is -0.0106. The van der Waals surface area contributed by atoms with Gasteiger partial charge >= 0.3 is 6.09 Å². The maximum absolute atomic E-state index is 11.0. The zero-order valence-corrected chi connectivity index (χ0v) is 14.1. The van der Waals surface area contributed by atoms with Crippen molar-refractivity contribution in [3.8, 4) is 6.01 Å². The van der Waals surface area contributed by atoms with Gasteiger partial charge in [-0.1, -0.05) is 18.5 Å². The van der Waals surface area contributed by atoms with E-state index >= 15 is 0 Å². The first-order valence-electron chi connectivity index (χ1n) is 7.93. The number of carboxylic acid groups (broad SMARTS) is 1. The highest BCUT2D eigenvalue weighted by molar-refractivity contribution is 6.31. The van der Waals surface area contributed by atoms with Crippen LogP contribution in [0.1, 0.15) is 25.0 Å². The van der Waals surface area contributed by atoms with E-state index in [0.717, 1.165) is 18.7 Å². The van der Waals surface area contributed by atoms with Crippen molar-refractivity contribution in [2.24, 2.45) is 0 Å². The Morgan fingerprint density at radius 2 is 2.08 bits per heavy atom. The number of nitrogens with zero attached hydrogens (tertiary/aromatic N) is 4. The third-order valence-electron chi connectivity index (χ3n) is 4.44. The molecule has 1 atom stereocenters. The standard InChI is InChI=1S/C15H20ClN5O3/c1-2-9(8-20-3-5-21(6-4-20)15(23)24)12-10(16)7-11-13(18-12)19-14(22)17-11/h7,9H,2-6,8H2,1H3,(H,23,24)(H2,17,18,19,22)/t9-/m1/s1. The number of carbonyl (C=O) groups is 1. The molecular formula is C15H20ClN5O3.